The van der Waals surface area contributed by atoms with E-state index in [0.717, 1.165) is 0 Å². The second kappa shape index (κ2) is 3.92. The summed E-state index contributed by atoms with van der Waals surface area (Å²) in [6.07, 6.45) is -4.88. The van der Waals surface area contributed by atoms with E-state index < -0.39 is 11.4 Å². The molecule has 0 saturated carbocycles. The Morgan fingerprint density at radius 3 is 1.67 bits per heavy atom. The Bertz CT molecular complexity index is 142. The molecule has 0 atom stereocenters. The highest BCUT2D eigenvalue weighted by Gasteiger charge is 2.29. The van der Waals surface area contributed by atoms with E-state index in [-0.39, 0.29) is 12.5 Å². The summed E-state index contributed by atoms with van der Waals surface area (Å²) in [6, 6.07) is 0. The van der Waals surface area contributed by atoms with Crippen LogP contribution in [0.25, 0.3) is 0 Å². The summed E-state index contributed by atoms with van der Waals surface area (Å²) < 4.78 is 63.1. The molecule has 0 bridgehead atoms. The van der Waals surface area contributed by atoms with Gasteiger partial charge in [-0.15, -0.1) is 13.2 Å². The summed E-state index contributed by atoms with van der Waals surface area (Å²) in [6.45, 7) is 0. The SMILES string of the molecule is FC(F)(F)OC=COC(F)(F)Br. The van der Waals surface area contributed by atoms with Crippen molar-refractivity contribution < 1.29 is 31.4 Å². The fourth-order valence-corrected chi connectivity index (χ4v) is 0.318. The Kier molecular flexibility index (Phi) is 3.75. The molecule has 0 aromatic carbocycles. The van der Waals surface area contributed by atoms with Crippen molar-refractivity contribution in [1.82, 2.24) is 0 Å². The molecule has 0 amide bonds. The van der Waals surface area contributed by atoms with Crippen LogP contribution in [0, 0.1) is 0 Å². The predicted octanol–water partition coefficient (Wildman–Crippen LogP) is 2.96. The van der Waals surface area contributed by atoms with Gasteiger partial charge >= 0.3 is 11.4 Å². The van der Waals surface area contributed by atoms with Crippen LogP contribution < -0.4 is 0 Å². The molecular formula is C4H2BrF5O2. The van der Waals surface area contributed by atoms with Crippen molar-refractivity contribution in [2.45, 2.75) is 11.4 Å². The predicted molar refractivity (Wildman–Crippen MR) is 31.2 cm³/mol. The van der Waals surface area contributed by atoms with Crippen LogP contribution >= 0.6 is 15.9 Å². The van der Waals surface area contributed by atoms with Gasteiger partial charge in [0.2, 0.25) is 0 Å². The number of halogens is 6. The van der Waals surface area contributed by atoms with Crippen LogP contribution in [0.3, 0.4) is 0 Å². The van der Waals surface area contributed by atoms with Crippen molar-refractivity contribution in [3.8, 4) is 0 Å². The van der Waals surface area contributed by atoms with E-state index in [0.29, 0.717) is 0 Å². The first-order chi connectivity index (χ1) is 5.21. The summed E-state index contributed by atoms with van der Waals surface area (Å²) in [5, 5.41) is -3.70. The molecule has 8 heteroatoms. The quantitative estimate of drug-likeness (QED) is 0.439. The van der Waals surface area contributed by atoms with E-state index in [1.54, 1.807) is 15.9 Å². The maximum absolute atomic E-state index is 11.6. The van der Waals surface area contributed by atoms with Crippen molar-refractivity contribution >= 4 is 15.9 Å². The summed E-state index contributed by atoms with van der Waals surface area (Å²) in [4.78, 5) is 0. The van der Waals surface area contributed by atoms with E-state index in [2.05, 4.69) is 9.47 Å². The Morgan fingerprint density at radius 2 is 1.33 bits per heavy atom. The van der Waals surface area contributed by atoms with Gasteiger partial charge in [-0.05, 0) is 0 Å². The third-order valence-corrected chi connectivity index (χ3v) is 0.646. The van der Waals surface area contributed by atoms with Gasteiger partial charge in [-0.2, -0.15) is 8.78 Å². The molecule has 0 N–H and O–H groups in total. The molecule has 0 aromatic rings. The van der Waals surface area contributed by atoms with Gasteiger partial charge in [0, 0.05) is 15.9 Å². The smallest absolute Gasteiger partial charge is 0.429 e. The number of hydrogen-bond acceptors (Lipinski definition) is 2. The minimum atomic E-state index is -4.90. The lowest BCUT2D eigenvalue weighted by atomic mass is 11.0. The zero-order chi connectivity index (χ0) is 9.83. The van der Waals surface area contributed by atoms with E-state index in [1.165, 1.54) is 0 Å². The topological polar surface area (TPSA) is 18.5 Å². The van der Waals surface area contributed by atoms with Gasteiger partial charge in [0.15, 0.2) is 0 Å². The number of ether oxygens (including phenoxy) is 2. The molecule has 0 fully saturated rings. The standard InChI is InChI=1S/C4H2BrF5O2/c5-3(6,7)11-1-2-12-4(8,9)10/h1-2H. The lowest BCUT2D eigenvalue weighted by Crippen LogP contribution is -2.10. The number of alkyl halides is 6. The monoisotopic (exact) mass is 256 g/mol. The number of hydrogen-bond donors (Lipinski definition) is 0. The lowest BCUT2D eigenvalue weighted by molar-refractivity contribution is -0.299. The maximum atomic E-state index is 11.6. The van der Waals surface area contributed by atoms with Gasteiger partial charge in [-0.1, -0.05) is 0 Å². The van der Waals surface area contributed by atoms with Crippen molar-refractivity contribution in [3.63, 3.8) is 0 Å². The molecule has 0 unspecified atom stereocenters. The molecule has 0 radical (unpaired) electrons. The average molecular weight is 257 g/mol. The zero-order valence-electron chi connectivity index (χ0n) is 5.24. The minimum absolute atomic E-state index is 0.0465. The summed E-state index contributed by atoms with van der Waals surface area (Å²) >= 11 is 1.72. The first-order valence-corrected chi connectivity index (χ1v) is 3.14. The highest BCUT2D eigenvalue weighted by Crippen LogP contribution is 2.23. The fourth-order valence-electron chi connectivity index (χ4n) is 0.210. The van der Waals surface area contributed by atoms with E-state index in [4.69, 9.17) is 0 Å². The van der Waals surface area contributed by atoms with Crippen LogP contribution in [0.1, 0.15) is 0 Å². The minimum Gasteiger partial charge on any atom is -0.429 e. The van der Waals surface area contributed by atoms with E-state index in [1.807, 2.05) is 0 Å². The fraction of sp³-hybridized carbons (Fsp3) is 0.500. The van der Waals surface area contributed by atoms with Crippen LogP contribution in [0.2, 0.25) is 0 Å². The normalized spacial score (nSPS) is 13.5. The van der Waals surface area contributed by atoms with Crippen LogP contribution in [-0.2, 0) is 9.47 Å². The van der Waals surface area contributed by atoms with Crippen LogP contribution in [0.15, 0.2) is 12.5 Å². The van der Waals surface area contributed by atoms with E-state index in [9.17, 15) is 22.0 Å². The van der Waals surface area contributed by atoms with Crippen molar-refractivity contribution in [3.05, 3.63) is 12.5 Å². The van der Waals surface area contributed by atoms with Gasteiger partial charge < -0.3 is 9.47 Å². The largest absolute Gasteiger partial charge is 0.572 e. The molecule has 0 spiro atoms. The molecule has 12 heavy (non-hydrogen) atoms. The Labute approximate surface area is 72.1 Å². The first-order valence-electron chi connectivity index (χ1n) is 2.35. The van der Waals surface area contributed by atoms with Gasteiger partial charge in [-0.3, -0.25) is 0 Å². The molecule has 0 aromatic heterocycles. The third kappa shape index (κ3) is 9.47. The second-order valence-corrected chi connectivity index (χ2v) is 2.32. The highest BCUT2D eigenvalue weighted by atomic mass is 79.9. The van der Waals surface area contributed by atoms with Crippen LogP contribution in [0.4, 0.5) is 22.0 Å². The molecular weight excluding hydrogens is 255 g/mol. The Balaban J connectivity index is 3.66. The lowest BCUT2D eigenvalue weighted by Gasteiger charge is -2.06. The molecule has 0 saturated heterocycles. The zero-order valence-corrected chi connectivity index (χ0v) is 6.82. The molecule has 0 rings (SSSR count). The molecule has 0 aliphatic heterocycles. The van der Waals surface area contributed by atoms with Crippen LogP contribution in [-0.4, -0.2) is 11.4 Å². The number of rotatable bonds is 3. The second-order valence-electron chi connectivity index (χ2n) is 1.40. The van der Waals surface area contributed by atoms with Gasteiger partial charge in [0.25, 0.3) is 0 Å². The molecule has 0 aliphatic rings. The van der Waals surface area contributed by atoms with Gasteiger partial charge in [-0.25, -0.2) is 0 Å². The third-order valence-electron chi connectivity index (χ3n) is 0.459. The van der Waals surface area contributed by atoms with Gasteiger partial charge in [0.05, 0.1) is 0 Å². The first kappa shape index (κ1) is 11.5. The van der Waals surface area contributed by atoms with Crippen molar-refractivity contribution in [2.24, 2.45) is 0 Å². The van der Waals surface area contributed by atoms with Crippen molar-refractivity contribution in [2.75, 3.05) is 0 Å². The van der Waals surface area contributed by atoms with Crippen LogP contribution in [0.5, 0.6) is 0 Å². The van der Waals surface area contributed by atoms with E-state index >= 15 is 0 Å². The molecule has 0 heterocycles. The molecule has 72 valence electrons. The summed E-state index contributed by atoms with van der Waals surface area (Å²) in [5.74, 6) is 0. The molecule has 2 nitrogen and oxygen atoms in total. The van der Waals surface area contributed by atoms with Gasteiger partial charge in [0.1, 0.15) is 12.5 Å². The summed E-state index contributed by atoms with van der Waals surface area (Å²) in [5.41, 5.74) is 0. The molecule has 0 aliphatic carbocycles. The summed E-state index contributed by atoms with van der Waals surface area (Å²) in [7, 11) is 0. The highest BCUT2D eigenvalue weighted by molar-refractivity contribution is 9.09. The Hall–Kier alpha value is -0.530. The average Bonchev–Trinajstić information content (AvgIpc) is 1.76. The van der Waals surface area contributed by atoms with Crippen molar-refractivity contribution in [1.29, 1.82) is 0 Å². The maximum Gasteiger partial charge on any atom is 0.572 e. The Morgan fingerprint density at radius 1 is 0.917 bits per heavy atom.